The molecule has 0 radical (unpaired) electrons. The molecule has 1 fully saturated rings. The lowest BCUT2D eigenvalue weighted by atomic mass is 9.85. The molecule has 1 aliphatic rings. The molecular formula is C16H18N2O2S. The lowest BCUT2D eigenvalue weighted by Crippen LogP contribution is -2.52. The molecule has 2 N–H and O–H groups in total. The number of thiazole rings is 1. The van der Waals surface area contributed by atoms with Crippen LogP contribution in [0.15, 0.2) is 35.7 Å². The first-order valence-electron chi connectivity index (χ1n) is 7.07. The Morgan fingerprint density at radius 1 is 1.29 bits per heavy atom. The summed E-state index contributed by atoms with van der Waals surface area (Å²) in [6.45, 7) is 1.13. The van der Waals surface area contributed by atoms with Gasteiger partial charge in [0.25, 0.3) is 0 Å². The summed E-state index contributed by atoms with van der Waals surface area (Å²) < 4.78 is 5.28. The second kappa shape index (κ2) is 6.05. The molecule has 0 amide bonds. The molecule has 0 unspecified atom stereocenters. The van der Waals surface area contributed by atoms with Crippen molar-refractivity contribution < 1.29 is 9.53 Å². The fourth-order valence-corrected chi connectivity index (χ4v) is 3.26. The fourth-order valence-electron chi connectivity index (χ4n) is 2.46. The summed E-state index contributed by atoms with van der Waals surface area (Å²) in [5, 5.41) is 2.82. The van der Waals surface area contributed by atoms with Gasteiger partial charge in [-0.25, -0.2) is 4.98 Å². The molecule has 0 bridgehead atoms. The van der Waals surface area contributed by atoms with Crippen molar-refractivity contribution in [2.24, 2.45) is 5.73 Å². The molecule has 0 saturated carbocycles. The molecule has 1 aromatic heterocycles. The second-order valence-electron chi connectivity index (χ2n) is 5.36. The van der Waals surface area contributed by atoms with Gasteiger partial charge in [0.05, 0.1) is 17.7 Å². The minimum absolute atomic E-state index is 0.0692. The third-order valence-corrected chi connectivity index (χ3v) is 4.72. The van der Waals surface area contributed by atoms with E-state index in [2.05, 4.69) is 4.98 Å². The molecule has 0 aliphatic carbocycles. The summed E-state index contributed by atoms with van der Waals surface area (Å²) >= 11 is 1.52. The summed E-state index contributed by atoms with van der Waals surface area (Å²) in [6, 6.07) is 9.98. The van der Waals surface area contributed by atoms with E-state index in [0.717, 1.165) is 16.3 Å². The smallest absolute Gasteiger partial charge is 0.159 e. The number of benzene rings is 1. The molecular weight excluding hydrogens is 284 g/mol. The largest absolute Gasteiger partial charge is 0.381 e. The molecule has 1 aliphatic heterocycles. The molecule has 0 spiro atoms. The van der Waals surface area contributed by atoms with Crippen molar-refractivity contribution in [3.05, 3.63) is 40.7 Å². The number of carbonyl (C=O) groups is 1. The van der Waals surface area contributed by atoms with Crippen molar-refractivity contribution in [2.75, 3.05) is 13.2 Å². The van der Waals surface area contributed by atoms with E-state index in [1.165, 1.54) is 11.3 Å². The predicted molar refractivity (Wildman–Crippen MR) is 83.2 cm³/mol. The summed E-state index contributed by atoms with van der Waals surface area (Å²) in [6.07, 6.45) is 1.51. The summed E-state index contributed by atoms with van der Waals surface area (Å²) in [5.74, 6) is 0.0692. The third-order valence-electron chi connectivity index (χ3n) is 3.87. The Labute approximate surface area is 128 Å². The average molecular weight is 302 g/mol. The van der Waals surface area contributed by atoms with Crippen LogP contribution in [0.3, 0.4) is 0 Å². The Bertz CT molecular complexity index is 618. The fraction of sp³-hybridized carbons (Fsp3) is 0.375. The quantitative estimate of drug-likeness (QED) is 0.942. The number of nitrogens with two attached hydrogens (primary N) is 1. The van der Waals surface area contributed by atoms with Gasteiger partial charge in [-0.1, -0.05) is 30.3 Å². The number of hydrogen-bond donors (Lipinski definition) is 1. The van der Waals surface area contributed by atoms with Gasteiger partial charge in [-0.3, -0.25) is 4.79 Å². The first-order chi connectivity index (χ1) is 10.2. The van der Waals surface area contributed by atoms with Gasteiger partial charge in [-0.15, -0.1) is 11.3 Å². The van der Waals surface area contributed by atoms with E-state index in [-0.39, 0.29) is 5.78 Å². The topological polar surface area (TPSA) is 65.2 Å². The van der Waals surface area contributed by atoms with Crippen molar-refractivity contribution >= 4 is 17.1 Å². The van der Waals surface area contributed by atoms with Crippen LogP contribution in [0.4, 0.5) is 0 Å². The maximum absolute atomic E-state index is 12.4. The number of ketones is 1. The van der Waals surface area contributed by atoms with Crippen molar-refractivity contribution in [1.29, 1.82) is 0 Å². The molecule has 3 rings (SSSR count). The lowest BCUT2D eigenvalue weighted by Gasteiger charge is -2.31. The number of Topliss-reactive ketones (excluding diaryl/α,β-unsaturated/α-hetero) is 1. The van der Waals surface area contributed by atoms with Crippen LogP contribution in [-0.2, 0) is 16.0 Å². The minimum atomic E-state index is -0.739. The monoisotopic (exact) mass is 302 g/mol. The minimum Gasteiger partial charge on any atom is -0.381 e. The van der Waals surface area contributed by atoms with Crippen molar-refractivity contribution in [1.82, 2.24) is 4.98 Å². The lowest BCUT2D eigenvalue weighted by molar-refractivity contribution is -0.126. The highest BCUT2D eigenvalue weighted by molar-refractivity contribution is 7.10. The van der Waals surface area contributed by atoms with E-state index >= 15 is 0 Å². The molecule has 1 aromatic carbocycles. The number of aromatic nitrogens is 1. The Kier molecular flexibility index (Phi) is 4.14. The van der Waals surface area contributed by atoms with Gasteiger partial charge in [0.2, 0.25) is 0 Å². The normalized spacial score (nSPS) is 17.6. The summed E-state index contributed by atoms with van der Waals surface area (Å²) in [5.41, 5.74) is 7.46. The van der Waals surface area contributed by atoms with Crippen LogP contribution in [0.1, 0.15) is 17.8 Å². The van der Waals surface area contributed by atoms with E-state index in [1.54, 1.807) is 0 Å². The first-order valence-corrected chi connectivity index (χ1v) is 7.95. The molecule has 2 heterocycles. The van der Waals surface area contributed by atoms with E-state index < -0.39 is 5.54 Å². The molecule has 110 valence electrons. The number of nitrogens with zero attached hydrogens (tertiary/aromatic N) is 1. The molecule has 4 nitrogen and oxygen atoms in total. The molecule has 21 heavy (non-hydrogen) atoms. The Morgan fingerprint density at radius 2 is 2.00 bits per heavy atom. The zero-order valence-corrected chi connectivity index (χ0v) is 12.6. The second-order valence-corrected chi connectivity index (χ2v) is 6.30. The van der Waals surface area contributed by atoms with Gasteiger partial charge < -0.3 is 10.5 Å². The van der Waals surface area contributed by atoms with Gasteiger partial charge in [-0.05, 0) is 12.8 Å². The van der Waals surface area contributed by atoms with Crippen LogP contribution in [0.2, 0.25) is 0 Å². The maximum Gasteiger partial charge on any atom is 0.159 e. The average Bonchev–Trinajstić information content (AvgIpc) is 2.97. The van der Waals surface area contributed by atoms with Crippen LogP contribution in [-0.4, -0.2) is 29.5 Å². The van der Waals surface area contributed by atoms with Gasteiger partial charge in [-0.2, -0.15) is 0 Å². The number of hydrogen-bond acceptors (Lipinski definition) is 5. The van der Waals surface area contributed by atoms with Crippen LogP contribution in [0.5, 0.6) is 0 Å². The van der Waals surface area contributed by atoms with Crippen molar-refractivity contribution in [3.8, 4) is 11.3 Å². The molecule has 2 aromatic rings. The summed E-state index contributed by atoms with van der Waals surface area (Å²) in [4.78, 5) is 17.0. The van der Waals surface area contributed by atoms with E-state index in [0.29, 0.717) is 32.5 Å². The van der Waals surface area contributed by atoms with Gasteiger partial charge in [0.15, 0.2) is 5.78 Å². The number of rotatable bonds is 4. The van der Waals surface area contributed by atoms with E-state index in [4.69, 9.17) is 10.5 Å². The van der Waals surface area contributed by atoms with Gasteiger partial charge in [0.1, 0.15) is 5.01 Å². The van der Waals surface area contributed by atoms with Crippen LogP contribution in [0, 0.1) is 0 Å². The standard InChI is InChI=1S/C16H18N2O2S/c17-16(6-8-20-9-7-16)14(19)10-15-18-13(11-21-15)12-4-2-1-3-5-12/h1-5,11H,6-10,17H2. The van der Waals surface area contributed by atoms with Gasteiger partial charge >= 0.3 is 0 Å². The SMILES string of the molecule is NC1(C(=O)Cc2nc(-c3ccccc3)cs2)CCOCC1. The first kappa shape index (κ1) is 14.4. The summed E-state index contributed by atoms with van der Waals surface area (Å²) in [7, 11) is 0. The Hall–Kier alpha value is -1.56. The van der Waals surface area contributed by atoms with Crippen molar-refractivity contribution in [2.45, 2.75) is 24.8 Å². The van der Waals surface area contributed by atoms with Crippen LogP contribution < -0.4 is 5.73 Å². The van der Waals surface area contributed by atoms with Crippen molar-refractivity contribution in [3.63, 3.8) is 0 Å². The highest BCUT2D eigenvalue weighted by atomic mass is 32.1. The highest BCUT2D eigenvalue weighted by Gasteiger charge is 2.35. The van der Waals surface area contributed by atoms with E-state index in [9.17, 15) is 4.79 Å². The van der Waals surface area contributed by atoms with Gasteiger partial charge in [0, 0.05) is 24.2 Å². The Morgan fingerprint density at radius 3 is 2.71 bits per heavy atom. The van der Waals surface area contributed by atoms with E-state index in [1.807, 2.05) is 35.7 Å². The highest BCUT2D eigenvalue weighted by Crippen LogP contribution is 2.25. The predicted octanol–water partition coefficient (Wildman–Crippen LogP) is 2.43. The molecule has 5 heteroatoms. The zero-order chi connectivity index (χ0) is 14.7. The molecule has 1 saturated heterocycles. The van der Waals surface area contributed by atoms with Crippen LogP contribution >= 0.6 is 11.3 Å². The molecule has 0 atom stereocenters. The Balaban J connectivity index is 1.71. The maximum atomic E-state index is 12.4. The van der Waals surface area contributed by atoms with Crippen LogP contribution in [0.25, 0.3) is 11.3 Å². The third kappa shape index (κ3) is 3.20. The number of ether oxygens (including phenoxy) is 1. The zero-order valence-electron chi connectivity index (χ0n) is 11.7. The number of carbonyl (C=O) groups excluding carboxylic acids is 1.